The van der Waals surface area contributed by atoms with Crippen LogP contribution in [0.1, 0.15) is 26.3 Å². The van der Waals surface area contributed by atoms with E-state index in [0.717, 1.165) is 10.9 Å². The van der Waals surface area contributed by atoms with Crippen LogP contribution in [0.5, 0.6) is 0 Å². The first-order valence-corrected chi connectivity index (χ1v) is 8.01. The van der Waals surface area contributed by atoms with Gasteiger partial charge in [-0.25, -0.2) is 0 Å². The molecule has 1 heterocycles. The first-order valence-electron chi connectivity index (χ1n) is 8.01. The second-order valence-electron chi connectivity index (χ2n) is 6.01. The van der Waals surface area contributed by atoms with Gasteiger partial charge in [-0.3, -0.25) is 9.59 Å². The quantitative estimate of drug-likeness (QED) is 0.469. The molecule has 0 saturated heterocycles. The van der Waals surface area contributed by atoms with Crippen LogP contribution < -0.4 is 0 Å². The monoisotopic (exact) mass is 324 g/mol. The Labute approximate surface area is 143 Å². The Morgan fingerprint density at radius 2 is 1.44 bits per heavy atom. The Morgan fingerprint density at radius 1 is 0.760 bits per heavy atom. The smallest absolute Gasteiger partial charge is 0.278 e. The molecule has 0 unspecified atom stereocenters. The minimum absolute atomic E-state index is 0.0274. The number of hydrogen-bond acceptors (Lipinski definition) is 3. The summed E-state index contributed by atoms with van der Waals surface area (Å²) in [7, 11) is 0. The van der Waals surface area contributed by atoms with E-state index in [9.17, 15) is 9.59 Å². The van der Waals surface area contributed by atoms with Crippen molar-refractivity contribution in [2.24, 2.45) is 0 Å². The highest BCUT2D eigenvalue weighted by atomic mass is 16.2. The van der Waals surface area contributed by atoms with Crippen LogP contribution in [-0.2, 0) is 0 Å². The van der Waals surface area contributed by atoms with Crippen molar-refractivity contribution >= 4 is 22.6 Å². The number of hydrogen-bond donors (Lipinski definition) is 0. The summed E-state index contributed by atoms with van der Waals surface area (Å²) in [6, 6.07) is 21.9. The molecule has 1 aliphatic rings. The van der Waals surface area contributed by atoms with Crippen molar-refractivity contribution in [2.45, 2.75) is 0 Å². The van der Waals surface area contributed by atoms with Crippen molar-refractivity contribution < 1.29 is 9.59 Å². The fourth-order valence-corrected chi connectivity index (χ4v) is 3.44. The first kappa shape index (κ1) is 13.9. The third-order valence-electron chi connectivity index (χ3n) is 4.59. The van der Waals surface area contributed by atoms with Crippen LogP contribution in [0.4, 0.5) is 0 Å². The van der Waals surface area contributed by atoms with Gasteiger partial charge in [0.05, 0.1) is 5.52 Å². The fourth-order valence-electron chi connectivity index (χ4n) is 3.44. The SMILES string of the molecule is O=C1c2ccccc2-c2nn(C(=O)c3ccccc3)c3cccc1c23. The average molecular weight is 324 g/mol. The predicted octanol–water partition coefficient (Wildman–Crippen LogP) is 3.94. The number of aromatic nitrogens is 2. The molecule has 0 radical (unpaired) electrons. The normalized spacial score (nSPS) is 12.2. The van der Waals surface area contributed by atoms with Crippen molar-refractivity contribution in [3.63, 3.8) is 0 Å². The molecule has 0 bridgehead atoms. The van der Waals surface area contributed by atoms with Crippen LogP contribution >= 0.6 is 0 Å². The largest absolute Gasteiger partial charge is 0.289 e. The van der Waals surface area contributed by atoms with Crippen molar-refractivity contribution in [1.82, 2.24) is 9.78 Å². The molecule has 118 valence electrons. The maximum Gasteiger partial charge on any atom is 0.278 e. The molecule has 3 aromatic carbocycles. The molecule has 25 heavy (non-hydrogen) atoms. The van der Waals surface area contributed by atoms with Gasteiger partial charge >= 0.3 is 0 Å². The summed E-state index contributed by atoms with van der Waals surface area (Å²) in [5.74, 6) is -0.235. The highest BCUT2D eigenvalue weighted by molar-refractivity contribution is 6.25. The Balaban J connectivity index is 1.84. The molecule has 5 rings (SSSR count). The molecule has 0 spiro atoms. The Hall–Kier alpha value is -3.53. The van der Waals surface area contributed by atoms with Crippen LogP contribution in [0.15, 0.2) is 72.8 Å². The summed E-state index contributed by atoms with van der Waals surface area (Å²) in [6.07, 6.45) is 0. The van der Waals surface area contributed by atoms with Gasteiger partial charge in [0.2, 0.25) is 0 Å². The number of carbonyl (C=O) groups is 2. The van der Waals surface area contributed by atoms with Gasteiger partial charge in [-0.1, -0.05) is 54.6 Å². The van der Waals surface area contributed by atoms with Crippen LogP contribution in [-0.4, -0.2) is 21.5 Å². The average Bonchev–Trinajstić information content (AvgIpc) is 3.07. The van der Waals surface area contributed by atoms with Gasteiger partial charge in [-0.15, -0.1) is 0 Å². The third kappa shape index (κ3) is 1.85. The van der Waals surface area contributed by atoms with Crippen LogP contribution in [0.2, 0.25) is 0 Å². The minimum atomic E-state index is -0.208. The van der Waals surface area contributed by atoms with Gasteiger partial charge in [0, 0.05) is 27.6 Å². The van der Waals surface area contributed by atoms with Crippen molar-refractivity contribution in [1.29, 1.82) is 0 Å². The van der Waals surface area contributed by atoms with E-state index in [0.29, 0.717) is 27.9 Å². The predicted molar refractivity (Wildman–Crippen MR) is 94.8 cm³/mol. The number of nitrogens with zero attached hydrogens (tertiary/aromatic N) is 2. The zero-order valence-electron chi connectivity index (χ0n) is 13.1. The summed E-state index contributed by atoms with van der Waals surface area (Å²) in [6.45, 7) is 0. The molecule has 0 aliphatic heterocycles. The third-order valence-corrected chi connectivity index (χ3v) is 4.59. The molecular formula is C21H12N2O2. The summed E-state index contributed by atoms with van der Waals surface area (Å²) in [4.78, 5) is 25.8. The molecule has 1 aromatic heterocycles. The summed E-state index contributed by atoms with van der Waals surface area (Å²) < 4.78 is 1.40. The van der Waals surface area contributed by atoms with E-state index in [1.165, 1.54) is 4.68 Å². The molecule has 0 amide bonds. The van der Waals surface area contributed by atoms with E-state index in [1.807, 2.05) is 42.5 Å². The lowest BCUT2D eigenvalue weighted by Gasteiger charge is -2.13. The summed E-state index contributed by atoms with van der Waals surface area (Å²) in [5.41, 5.74) is 3.89. The highest BCUT2D eigenvalue weighted by Gasteiger charge is 2.29. The van der Waals surface area contributed by atoms with E-state index in [2.05, 4.69) is 5.10 Å². The van der Waals surface area contributed by atoms with Crippen LogP contribution in [0.25, 0.3) is 22.2 Å². The van der Waals surface area contributed by atoms with E-state index in [4.69, 9.17) is 0 Å². The van der Waals surface area contributed by atoms with Gasteiger partial charge in [-0.05, 0) is 18.2 Å². The number of benzene rings is 3. The van der Waals surface area contributed by atoms with E-state index in [1.54, 1.807) is 30.3 Å². The summed E-state index contributed by atoms with van der Waals surface area (Å²) in [5, 5.41) is 5.33. The number of ketones is 1. The van der Waals surface area contributed by atoms with Crippen LogP contribution in [0, 0.1) is 0 Å². The van der Waals surface area contributed by atoms with E-state index < -0.39 is 0 Å². The molecule has 0 N–H and O–H groups in total. The number of carbonyl (C=O) groups excluding carboxylic acids is 2. The second kappa shape index (κ2) is 4.98. The standard InChI is InChI=1S/C21H12N2O2/c24-20-15-10-5-4-9-14(15)19-18-16(20)11-6-12-17(18)23(22-19)21(25)13-7-2-1-3-8-13/h1-12H. The molecule has 0 fully saturated rings. The molecule has 4 nitrogen and oxygen atoms in total. The maximum absolute atomic E-state index is 12.9. The van der Waals surface area contributed by atoms with E-state index >= 15 is 0 Å². The summed E-state index contributed by atoms with van der Waals surface area (Å²) >= 11 is 0. The van der Waals surface area contributed by atoms with Gasteiger partial charge < -0.3 is 0 Å². The maximum atomic E-state index is 12.9. The molecule has 1 aliphatic carbocycles. The minimum Gasteiger partial charge on any atom is -0.289 e. The van der Waals surface area contributed by atoms with Crippen molar-refractivity contribution in [3.8, 4) is 11.3 Å². The van der Waals surface area contributed by atoms with E-state index in [-0.39, 0.29) is 11.7 Å². The first-order chi connectivity index (χ1) is 12.3. The Bertz CT molecular complexity index is 1170. The van der Waals surface area contributed by atoms with Crippen molar-refractivity contribution in [2.75, 3.05) is 0 Å². The fraction of sp³-hybridized carbons (Fsp3) is 0. The van der Waals surface area contributed by atoms with Gasteiger partial charge in [0.25, 0.3) is 5.91 Å². The Morgan fingerprint density at radius 3 is 2.24 bits per heavy atom. The van der Waals surface area contributed by atoms with Gasteiger partial charge in [0.15, 0.2) is 5.78 Å². The zero-order chi connectivity index (χ0) is 17.0. The lowest BCUT2D eigenvalue weighted by molar-refractivity contribution is 0.0950. The molecule has 0 atom stereocenters. The van der Waals surface area contributed by atoms with Crippen LogP contribution in [0.3, 0.4) is 0 Å². The number of fused-ring (bicyclic) bond motifs is 2. The van der Waals surface area contributed by atoms with Gasteiger partial charge in [0.1, 0.15) is 5.69 Å². The number of rotatable bonds is 1. The lowest BCUT2D eigenvalue weighted by atomic mass is 9.87. The topological polar surface area (TPSA) is 52.0 Å². The van der Waals surface area contributed by atoms with Crippen molar-refractivity contribution in [3.05, 3.63) is 89.5 Å². The molecule has 4 heteroatoms. The highest BCUT2D eigenvalue weighted by Crippen LogP contribution is 2.38. The molecule has 0 saturated carbocycles. The zero-order valence-corrected chi connectivity index (χ0v) is 13.1. The second-order valence-corrected chi connectivity index (χ2v) is 6.01. The lowest BCUT2D eigenvalue weighted by Crippen LogP contribution is -2.13. The van der Waals surface area contributed by atoms with Gasteiger partial charge in [-0.2, -0.15) is 9.78 Å². The Kier molecular flexibility index (Phi) is 2.76. The molecular weight excluding hydrogens is 312 g/mol. The molecule has 4 aromatic rings.